The van der Waals surface area contributed by atoms with Crippen molar-refractivity contribution in [2.75, 3.05) is 5.32 Å². The predicted octanol–water partition coefficient (Wildman–Crippen LogP) is 5.62. The van der Waals surface area contributed by atoms with Crippen LogP contribution in [-0.4, -0.2) is 20.2 Å². The Morgan fingerprint density at radius 3 is 2.61 bits per heavy atom. The summed E-state index contributed by atoms with van der Waals surface area (Å²) in [5.41, 5.74) is 1.74. The predicted molar refractivity (Wildman–Crippen MR) is 112 cm³/mol. The summed E-state index contributed by atoms with van der Waals surface area (Å²) in [4.78, 5) is 0. The fraction of sp³-hybridized carbons (Fsp3) is 0.316. The Hall–Kier alpha value is -2.02. The highest BCUT2D eigenvalue weighted by Crippen LogP contribution is 2.27. The first-order valence-electron chi connectivity index (χ1n) is 8.92. The van der Waals surface area contributed by atoms with Crippen molar-refractivity contribution in [3.05, 3.63) is 62.6 Å². The van der Waals surface area contributed by atoms with Crippen molar-refractivity contribution >= 4 is 40.8 Å². The van der Waals surface area contributed by atoms with Gasteiger partial charge in [-0.1, -0.05) is 59.3 Å². The molecule has 0 spiro atoms. The maximum absolute atomic E-state index is 6.23. The summed E-state index contributed by atoms with van der Waals surface area (Å²) in [6, 6.07) is 10.8. The van der Waals surface area contributed by atoms with Gasteiger partial charge in [0.25, 0.3) is 0 Å². The second-order valence-electron chi connectivity index (χ2n) is 6.21. The van der Waals surface area contributed by atoms with E-state index in [4.69, 9.17) is 39.5 Å². The van der Waals surface area contributed by atoms with E-state index in [1.54, 1.807) is 22.9 Å². The van der Waals surface area contributed by atoms with E-state index in [0.29, 0.717) is 39.9 Å². The van der Waals surface area contributed by atoms with Crippen LogP contribution in [0.25, 0.3) is 0 Å². The quantitative estimate of drug-likeness (QED) is 0.467. The lowest BCUT2D eigenvalue weighted by molar-refractivity contribution is 0.303. The Labute approximate surface area is 178 Å². The lowest BCUT2D eigenvalue weighted by Gasteiger charge is -2.14. The van der Waals surface area contributed by atoms with E-state index < -0.39 is 0 Å². The summed E-state index contributed by atoms with van der Waals surface area (Å²) in [6.07, 6.45) is 2.08. The number of ether oxygens (including phenoxy) is 1. The zero-order valence-corrected chi connectivity index (χ0v) is 17.6. The van der Waals surface area contributed by atoms with Crippen molar-refractivity contribution in [1.82, 2.24) is 20.2 Å². The number of rotatable bonds is 9. The minimum absolute atomic E-state index is 0.318. The minimum atomic E-state index is 0.318. The SMILES string of the molecule is CCCCn1nnnc1NCc1cc(Cl)ccc1OCc1ccc(Cl)cc1Cl. The number of aryl methyl sites for hydroxylation is 1. The van der Waals surface area contributed by atoms with E-state index in [1.807, 2.05) is 18.2 Å². The van der Waals surface area contributed by atoms with E-state index in [-0.39, 0.29) is 0 Å². The van der Waals surface area contributed by atoms with Gasteiger partial charge in [0.15, 0.2) is 0 Å². The van der Waals surface area contributed by atoms with Crippen molar-refractivity contribution in [3.63, 3.8) is 0 Å². The molecular weight excluding hydrogens is 421 g/mol. The summed E-state index contributed by atoms with van der Waals surface area (Å²) in [5.74, 6) is 1.32. The third-order valence-electron chi connectivity index (χ3n) is 4.11. The number of hydrogen-bond donors (Lipinski definition) is 1. The molecule has 0 radical (unpaired) electrons. The van der Waals surface area contributed by atoms with E-state index in [1.165, 1.54) is 0 Å². The van der Waals surface area contributed by atoms with Crippen LogP contribution in [0.5, 0.6) is 5.75 Å². The highest BCUT2D eigenvalue weighted by Gasteiger charge is 2.10. The fourth-order valence-corrected chi connectivity index (χ4v) is 3.24. The van der Waals surface area contributed by atoms with Crippen LogP contribution < -0.4 is 10.1 Å². The summed E-state index contributed by atoms with van der Waals surface area (Å²) in [5, 5.41) is 16.8. The molecule has 0 amide bonds. The molecule has 1 aromatic heterocycles. The van der Waals surface area contributed by atoms with E-state index >= 15 is 0 Å². The van der Waals surface area contributed by atoms with E-state index in [2.05, 4.69) is 27.8 Å². The van der Waals surface area contributed by atoms with Crippen LogP contribution in [0.3, 0.4) is 0 Å². The third kappa shape index (κ3) is 5.50. The van der Waals surface area contributed by atoms with Crippen LogP contribution in [0.4, 0.5) is 5.95 Å². The normalized spacial score (nSPS) is 10.9. The Balaban J connectivity index is 1.69. The van der Waals surface area contributed by atoms with Gasteiger partial charge in [0, 0.05) is 39.3 Å². The highest BCUT2D eigenvalue weighted by molar-refractivity contribution is 6.35. The average Bonchev–Trinajstić information content (AvgIpc) is 3.12. The van der Waals surface area contributed by atoms with Gasteiger partial charge in [0.1, 0.15) is 12.4 Å². The van der Waals surface area contributed by atoms with Gasteiger partial charge >= 0.3 is 0 Å². The molecule has 0 unspecified atom stereocenters. The molecular formula is C19H20Cl3N5O. The van der Waals surface area contributed by atoms with Crippen LogP contribution in [-0.2, 0) is 19.7 Å². The summed E-state index contributed by atoms with van der Waals surface area (Å²) in [7, 11) is 0. The third-order valence-corrected chi connectivity index (χ3v) is 4.94. The van der Waals surface area contributed by atoms with Gasteiger partial charge in [0.05, 0.1) is 0 Å². The number of unbranched alkanes of at least 4 members (excludes halogenated alkanes) is 1. The maximum atomic E-state index is 6.23. The van der Waals surface area contributed by atoms with E-state index in [0.717, 1.165) is 30.5 Å². The van der Waals surface area contributed by atoms with E-state index in [9.17, 15) is 0 Å². The first-order chi connectivity index (χ1) is 13.6. The molecule has 148 valence electrons. The number of aromatic nitrogens is 4. The zero-order valence-electron chi connectivity index (χ0n) is 15.3. The summed E-state index contributed by atoms with van der Waals surface area (Å²) >= 11 is 18.3. The summed E-state index contributed by atoms with van der Waals surface area (Å²) < 4.78 is 7.73. The first kappa shape index (κ1) is 20.7. The topological polar surface area (TPSA) is 64.9 Å². The van der Waals surface area contributed by atoms with Gasteiger partial charge in [-0.2, -0.15) is 0 Å². The van der Waals surface area contributed by atoms with Gasteiger partial charge < -0.3 is 10.1 Å². The number of anilines is 1. The summed E-state index contributed by atoms with van der Waals surface area (Å²) in [6.45, 7) is 3.68. The monoisotopic (exact) mass is 439 g/mol. The van der Waals surface area contributed by atoms with Crippen molar-refractivity contribution < 1.29 is 4.74 Å². The highest BCUT2D eigenvalue weighted by atomic mass is 35.5. The standard InChI is InChI=1S/C19H20Cl3N5O/c1-2-3-8-27-19(24-25-26-27)23-11-14-9-15(20)6-7-18(14)28-12-13-4-5-16(21)10-17(13)22/h4-7,9-10H,2-3,8,11-12H2,1H3,(H,23,24,26). The Morgan fingerprint density at radius 1 is 1.04 bits per heavy atom. The number of nitrogens with one attached hydrogen (secondary N) is 1. The number of tetrazole rings is 1. The van der Waals surface area contributed by atoms with Crippen LogP contribution in [0.1, 0.15) is 30.9 Å². The van der Waals surface area contributed by atoms with Gasteiger partial charge in [0.2, 0.25) is 5.95 Å². The molecule has 0 bridgehead atoms. The molecule has 28 heavy (non-hydrogen) atoms. The maximum Gasteiger partial charge on any atom is 0.243 e. The first-order valence-corrected chi connectivity index (χ1v) is 10.1. The average molecular weight is 441 g/mol. The minimum Gasteiger partial charge on any atom is -0.488 e. The van der Waals surface area contributed by atoms with Crippen molar-refractivity contribution in [2.45, 2.75) is 39.5 Å². The molecule has 1 heterocycles. The lowest BCUT2D eigenvalue weighted by Crippen LogP contribution is -2.10. The lowest BCUT2D eigenvalue weighted by atomic mass is 10.2. The molecule has 1 N–H and O–H groups in total. The molecule has 0 atom stereocenters. The molecule has 9 heteroatoms. The zero-order chi connectivity index (χ0) is 19.9. The fourth-order valence-electron chi connectivity index (χ4n) is 2.59. The molecule has 6 nitrogen and oxygen atoms in total. The van der Waals surface area contributed by atoms with Gasteiger partial charge in [-0.05, 0) is 47.2 Å². The van der Waals surface area contributed by atoms with Crippen molar-refractivity contribution in [3.8, 4) is 5.75 Å². The molecule has 0 aliphatic carbocycles. The van der Waals surface area contributed by atoms with Crippen LogP contribution in [0, 0.1) is 0 Å². The molecule has 0 saturated carbocycles. The second-order valence-corrected chi connectivity index (χ2v) is 7.49. The molecule has 0 aliphatic heterocycles. The molecule has 3 aromatic rings. The molecule has 3 rings (SSSR count). The van der Waals surface area contributed by atoms with Crippen molar-refractivity contribution in [2.24, 2.45) is 0 Å². The molecule has 0 saturated heterocycles. The van der Waals surface area contributed by atoms with Crippen molar-refractivity contribution in [1.29, 1.82) is 0 Å². The number of nitrogens with zero attached hydrogens (tertiary/aromatic N) is 4. The van der Waals surface area contributed by atoms with Crippen LogP contribution >= 0.6 is 34.8 Å². The largest absolute Gasteiger partial charge is 0.488 e. The molecule has 2 aromatic carbocycles. The second kappa shape index (κ2) is 9.96. The Morgan fingerprint density at radius 2 is 1.82 bits per heavy atom. The van der Waals surface area contributed by atoms with Crippen LogP contribution in [0.2, 0.25) is 15.1 Å². The number of benzene rings is 2. The van der Waals surface area contributed by atoms with Crippen LogP contribution in [0.15, 0.2) is 36.4 Å². The number of halogens is 3. The number of hydrogen-bond acceptors (Lipinski definition) is 5. The Kier molecular flexibility index (Phi) is 7.36. The molecule has 0 aliphatic rings. The van der Waals surface area contributed by atoms with Gasteiger partial charge in [-0.25, -0.2) is 4.68 Å². The smallest absolute Gasteiger partial charge is 0.243 e. The van der Waals surface area contributed by atoms with Gasteiger partial charge in [-0.15, -0.1) is 0 Å². The molecule has 0 fully saturated rings. The van der Waals surface area contributed by atoms with Gasteiger partial charge in [-0.3, -0.25) is 0 Å². The Bertz CT molecular complexity index is 932.